The molecule has 10 heteroatoms. The lowest BCUT2D eigenvalue weighted by Crippen LogP contribution is -2.16. The van der Waals surface area contributed by atoms with E-state index in [0.29, 0.717) is 31.8 Å². The zero-order chi connectivity index (χ0) is 21.7. The van der Waals surface area contributed by atoms with E-state index < -0.39 is 10.8 Å². The van der Waals surface area contributed by atoms with E-state index in [1.165, 1.54) is 36.8 Å². The van der Waals surface area contributed by atoms with Crippen molar-refractivity contribution in [3.63, 3.8) is 0 Å². The lowest BCUT2D eigenvalue weighted by atomic mass is 10.2. The maximum Gasteiger partial charge on any atom is 0.281 e. The summed E-state index contributed by atoms with van der Waals surface area (Å²) in [4.78, 5) is 23.2. The van der Waals surface area contributed by atoms with Crippen LogP contribution in [0, 0.1) is 22.5 Å². The average molecular weight is 488 g/mol. The number of nitro benzene ring substituents is 1. The Hall–Kier alpha value is -3.42. The van der Waals surface area contributed by atoms with Gasteiger partial charge in [-0.2, -0.15) is 5.10 Å². The SMILES string of the molecule is C#CCOc1cc(Br)c(/C=N\NC(=O)c2cc3cc([N+](=O)[O-])ccc3s2)cc1OC. The van der Waals surface area contributed by atoms with Crippen molar-refractivity contribution in [2.45, 2.75) is 0 Å². The van der Waals surface area contributed by atoms with Crippen molar-refractivity contribution in [2.24, 2.45) is 5.10 Å². The Morgan fingerprint density at radius 3 is 2.87 bits per heavy atom. The lowest BCUT2D eigenvalue weighted by Gasteiger charge is -2.10. The molecule has 0 spiro atoms. The van der Waals surface area contributed by atoms with Gasteiger partial charge in [-0.15, -0.1) is 17.8 Å². The molecule has 0 saturated carbocycles. The van der Waals surface area contributed by atoms with E-state index in [1.807, 2.05) is 0 Å². The van der Waals surface area contributed by atoms with Crippen LogP contribution >= 0.6 is 27.3 Å². The Morgan fingerprint density at radius 2 is 2.17 bits per heavy atom. The fourth-order valence-electron chi connectivity index (χ4n) is 2.51. The number of fused-ring (bicyclic) bond motifs is 1. The number of carbonyl (C=O) groups is 1. The molecule has 1 heterocycles. The molecule has 0 bridgehead atoms. The van der Waals surface area contributed by atoms with Crippen LogP contribution in [-0.4, -0.2) is 30.8 Å². The molecule has 0 aliphatic carbocycles. The van der Waals surface area contributed by atoms with Crippen molar-refractivity contribution in [1.29, 1.82) is 0 Å². The molecule has 8 nitrogen and oxygen atoms in total. The van der Waals surface area contributed by atoms with E-state index in [1.54, 1.807) is 24.3 Å². The second-order valence-electron chi connectivity index (χ2n) is 5.81. The number of terminal acetylenes is 1. The number of nitrogens with one attached hydrogen (secondary N) is 1. The third-order valence-electron chi connectivity index (χ3n) is 3.90. The fourth-order valence-corrected chi connectivity index (χ4v) is 3.87. The zero-order valence-electron chi connectivity index (χ0n) is 15.5. The number of nitro groups is 1. The molecule has 152 valence electrons. The van der Waals surface area contributed by atoms with E-state index in [0.717, 1.165) is 4.70 Å². The van der Waals surface area contributed by atoms with Crippen molar-refractivity contribution in [1.82, 2.24) is 5.43 Å². The number of hydrogen-bond donors (Lipinski definition) is 1. The summed E-state index contributed by atoms with van der Waals surface area (Å²) >= 11 is 4.63. The Balaban J connectivity index is 1.75. The van der Waals surface area contributed by atoms with Crippen LogP contribution in [0.25, 0.3) is 10.1 Å². The highest BCUT2D eigenvalue weighted by Crippen LogP contribution is 2.33. The largest absolute Gasteiger partial charge is 0.493 e. The minimum absolute atomic E-state index is 0.0289. The molecule has 0 saturated heterocycles. The molecule has 3 aromatic rings. The van der Waals surface area contributed by atoms with Crippen LogP contribution in [0.3, 0.4) is 0 Å². The molecule has 0 atom stereocenters. The molecule has 30 heavy (non-hydrogen) atoms. The van der Waals surface area contributed by atoms with Gasteiger partial charge >= 0.3 is 0 Å². The number of thiophene rings is 1. The topological polar surface area (TPSA) is 103 Å². The average Bonchev–Trinajstić information content (AvgIpc) is 3.16. The van der Waals surface area contributed by atoms with Gasteiger partial charge in [-0.05, 0) is 40.2 Å². The maximum atomic E-state index is 12.4. The number of methoxy groups -OCH3 is 1. The second-order valence-corrected chi connectivity index (χ2v) is 7.74. The van der Waals surface area contributed by atoms with Gasteiger partial charge in [-0.3, -0.25) is 14.9 Å². The van der Waals surface area contributed by atoms with E-state index in [4.69, 9.17) is 15.9 Å². The van der Waals surface area contributed by atoms with Gasteiger partial charge in [0, 0.05) is 32.3 Å². The summed E-state index contributed by atoms with van der Waals surface area (Å²) in [6.07, 6.45) is 6.66. The standard InChI is InChI=1S/C20H14BrN3O5S/c1-3-6-29-17-10-15(21)13(8-16(17)28-2)11-22-23-20(25)19-9-12-7-14(24(26)27)4-5-18(12)30-19/h1,4-5,7-11H,6H2,2H3,(H,23,25)/b22-11-. The van der Waals surface area contributed by atoms with Crippen molar-refractivity contribution in [2.75, 3.05) is 13.7 Å². The van der Waals surface area contributed by atoms with Gasteiger partial charge in [0.15, 0.2) is 11.5 Å². The fraction of sp³-hybridized carbons (Fsp3) is 0.100. The van der Waals surface area contributed by atoms with Crippen LogP contribution in [0.1, 0.15) is 15.2 Å². The minimum atomic E-state index is -0.476. The van der Waals surface area contributed by atoms with Crippen LogP contribution in [0.5, 0.6) is 11.5 Å². The van der Waals surface area contributed by atoms with Crippen LogP contribution in [-0.2, 0) is 0 Å². The van der Waals surface area contributed by atoms with Crippen molar-refractivity contribution >= 4 is 55.2 Å². The Labute approximate surface area is 183 Å². The van der Waals surface area contributed by atoms with Crippen LogP contribution in [0.15, 0.2) is 46.0 Å². The smallest absolute Gasteiger partial charge is 0.281 e. The van der Waals surface area contributed by atoms with Gasteiger partial charge in [0.1, 0.15) is 6.61 Å². The molecule has 0 fully saturated rings. The summed E-state index contributed by atoms with van der Waals surface area (Å²) in [5.74, 6) is 2.90. The van der Waals surface area contributed by atoms with Crippen LogP contribution < -0.4 is 14.9 Å². The molecule has 0 radical (unpaired) electrons. The van der Waals surface area contributed by atoms with Crippen molar-refractivity contribution in [3.05, 3.63) is 61.4 Å². The third-order valence-corrected chi connectivity index (χ3v) is 5.70. The number of carbonyl (C=O) groups excluding carboxylic acids is 1. The summed E-state index contributed by atoms with van der Waals surface area (Å²) in [5.41, 5.74) is 3.06. The number of hydrazone groups is 1. The number of benzene rings is 2. The van der Waals surface area contributed by atoms with Gasteiger partial charge in [-0.1, -0.05) is 5.92 Å². The van der Waals surface area contributed by atoms with E-state index in [-0.39, 0.29) is 12.3 Å². The van der Waals surface area contributed by atoms with Crippen LogP contribution in [0.2, 0.25) is 0 Å². The second kappa shape index (κ2) is 9.39. The van der Waals surface area contributed by atoms with E-state index in [2.05, 4.69) is 32.4 Å². The molecule has 1 aromatic heterocycles. The number of hydrogen-bond acceptors (Lipinski definition) is 7. The van der Waals surface area contributed by atoms with Gasteiger partial charge in [-0.25, -0.2) is 5.43 Å². The summed E-state index contributed by atoms with van der Waals surface area (Å²) in [6.45, 7) is 0.102. The van der Waals surface area contributed by atoms with Crippen molar-refractivity contribution < 1.29 is 19.2 Å². The zero-order valence-corrected chi connectivity index (χ0v) is 18.0. The Bertz CT molecular complexity index is 1200. The lowest BCUT2D eigenvalue weighted by molar-refractivity contribution is -0.384. The number of ether oxygens (including phenoxy) is 2. The first kappa shape index (κ1) is 21.3. The summed E-state index contributed by atoms with van der Waals surface area (Å²) in [6, 6.07) is 9.42. The molecular formula is C20H14BrN3O5S. The Kier molecular flexibility index (Phi) is 6.66. The monoisotopic (exact) mass is 487 g/mol. The summed E-state index contributed by atoms with van der Waals surface area (Å²) < 4.78 is 12.1. The number of amides is 1. The third kappa shape index (κ3) is 4.76. The normalized spacial score (nSPS) is 10.7. The predicted octanol–water partition coefficient (Wildman–Crippen LogP) is 4.36. The molecule has 0 aliphatic rings. The highest BCUT2D eigenvalue weighted by Gasteiger charge is 2.13. The first-order valence-corrected chi connectivity index (χ1v) is 9.99. The number of rotatable bonds is 7. The Morgan fingerprint density at radius 1 is 1.37 bits per heavy atom. The molecule has 0 unspecified atom stereocenters. The van der Waals surface area contributed by atoms with Gasteiger partial charge in [0.2, 0.25) is 0 Å². The number of non-ortho nitro benzene ring substituents is 1. The van der Waals surface area contributed by atoms with Gasteiger partial charge < -0.3 is 9.47 Å². The molecule has 0 aliphatic heterocycles. The first-order valence-electron chi connectivity index (χ1n) is 8.38. The van der Waals surface area contributed by atoms with Gasteiger partial charge in [0.25, 0.3) is 11.6 Å². The molecule has 1 amide bonds. The minimum Gasteiger partial charge on any atom is -0.493 e. The van der Waals surface area contributed by atoms with E-state index >= 15 is 0 Å². The molecule has 2 aromatic carbocycles. The van der Waals surface area contributed by atoms with E-state index in [9.17, 15) is 14.9 Å². The van der Waals surface area contributed by atoms with Crippen molar-refractivity contribution in [3.8, 4) is 23.8 Å². The predicted molar refractivity (Wildman–Crippen MR) is 119 cm³/mol. The first-order chi connectivity index (χ1) is 14.4. The highest BCUT2D eigenvalue weighted by atomic mass is 79.9. The highest BCUT2D eigenvalue weighted by molar-refractivity contribution is 9.10. The van der Waals surface area contributed by atoms with Gasteiger partial charge in [0.05, 0.1) is 23.1 Å². The number of nitrogens with zero attached hydrogens (tertiary/aromatic N) is 2. The molecular weight excluding hydrogens is 474 g/mol. The summed E-state index contributed by atoms with van der Waals surface area (Å²) in [5, 5.41) is 15.5. The maximum absolute atomic E-state index is 12.4. The molecule has 1 N–H and O–H groups in total. The molecule has 3 rings (SSSR count). The quantitative estimate of drug-likeness (QED) is 0.231. The van der Waals surface area contributed by atoms with Crippen LogP contribution in [0.4, 0.5) is 5.69 Å². The number of halogens is 1. The summed E-state index contributed by atoms with van der Waals surface area (Å²) in [7, 11) is 1.50.